The number of aromatic nitrogens is 1. The predicted octanol–water partition coefficient (Wildman–Crippen LogP) is 4.17. The van der Waals surface area contributed by atoms with E-state index in [-0.39, 0.29) is 0 Å². The predicted molar refractivity (Wildman–Crippen MR) is 96.8 cm³/mol. The molecular formula is C17H18N4S. The molecule has 1 aromatic heterocycles. The number of nitrogens with one attached hydrogen (secondary N) is 1. The van der Waals surface area contributed by atoms with Crippen LogP contribution in [0, 0.1) is 6.92 Å². The van der Waals surface area contributed by atoms with Crippen molar-refractivity contribution in [2.45, 2.75) is 11.8 Å². The van der Waals surface area contributed by atoms with Crippen LogP contribution in [0.5, 0.6) is 0 Å². The van der Waals surface area contributed by atoms with Gasteiger partial charge in [-0.15, -0.1) is 11.8 Å². The fourth-order valence-corrected chi connectivity index (χ4v) is 2.83. The van der Waals surface area contributed by atoms with Crippen LogP contribution < -0.4 is 16.8 Å². The van der Waals surface area contributed by atoms with Gasteiger partial charge >= 0.3 is 0 Å². The highest BCUT2D eigenvalue weighted by molar-refractivity contribution is 7.98. The molecule has 0 unspecified atom stereocenters. The zero-order valence-corrected chi connectivity index (χ0v) is 13.4. The quantitative estimate of drug-likeness (QED) is 0.500. The van der Waals surface area contributed by atoms with Gasteiger partial charge in [0.15, 0.2) is 0 Å². The third kappa shape index (κ3) is 2.67. The highest BCUT2D eigenvalue weighted by Crippen LogP contribution is 2.31. The Labute approximate surface area is 133 Å². The van der Waals surface area contributed by atoms with Gasteiger partial charge in [0.1, 0.15) is 0 Å². The largest absolute Gasteiger partial charge is 0.397 e. The molecule has 3 aromatic rings. The summed E-state index contributed by atoms with van der Waals surface area (Å²) in [5.41, 5.74) is 16.9. The van der Waals surface area contributed by atoms with Crippen LogP contribution in [-0.2, 0) is 0 Å². The Morgan fingerprint density at radius 3 is 2.55 bits per heavy atom. The van der Waals surface area contributed by atoms with E-state index in [1.165, 1.54) is 4.90 Å². The van der Waals surface area contributed by atoms with E-state index in [9.17, 15) is 0 Å². The van der Waals surface area contributed by atoms with Crippen molar-refractivity contribution in [2.24, 2.45) is 0 Å². The van der Waals surface area contributed by atoms with E-state index < -0.39 is 0 Å². The van der Waals surface area contributed by atoms with Gasteiger partial charge in [-0.3, -0.25) is 4.98 Å². The van der Waals surface area contributed by atoms with E-state index in [0.717, 1.165) is 27.8 Å². The lowest BCUT2D eigenvalue weighted by molar-refractivity contribution is 1.37. The van der Waals surface area contributed by atoms with E-state index >= 15 is 0 Å². The Bertz CT molecular complexity index is 845. The molecule has 2 aromatic carbocycles. The van der Waals surface area contributed by atoms with Crippen LogP contribution in [0.3, 0.4) is 0 Å². The van der Waals surface area contributed by atoms with Crippen molar-refractivity contribution < 1.29 is 0 Å². The number of nitrogens with zero attached hydrogens (tertiary/aromatic N) is 1. The number of anilines is 4. The molecule has 0 amide bonds. The van der Waals surface area contributed by atoms with Gasteiger partial charge in [0.25, 0.3) is 0 Å². The van der Waals surface area contributed by atoms with Gasteiger partial charge in [-0.25, -0.2) is 0 Å². The molecule has 0 atom stereocenters. The Morgan fingerprint density at radius 2 is 1.77 bits per heavy atom. The van der Waals surface area contributed by atoms with Crippen LogP contribution in [0.4, 0.5) is 22.7 Å². The maximum absolute atomic E-state index is 5.92. The molecule has 0 saturated carbocycles. The summed E-state index contributed by atoms with van der Waals surface area (Å²) < 4.78 is 0. The number of thioether (sulfide) groups is 1. The van der Waals surface area contributed by atoms with Crippen molar-refractivity contribution in [3.63, 3.8) is 0 Å². The monoisotopic (exact) mass is 310 g/mol. The number of benzene rings is 2. The summed E-state index contributed by atoms with van der Waals surface area (Å²) in [6.45, 7) is 2.01. The van der Waals surface area contributed by atoms with Gasteiger partial charge in [0.2, 0.25) is 0 Å². The van der Waals surface area contributed by atoms with Crippen molar-refractivity contribution in [1.82, 2.24) is 4.98 Å². The van der Waals surface area contributed by atoms with Gasteiger partial charge in [-0.1, -0.05) is 0 Å². The molecule has 112 valence electrons. The Balaban J connectivity index is 2.09. The first-order valence-corrected chi connectivity index (χ1v) is 8.16. The fourth-order valence-electron chi connectivity index (χ4n) is 2.39. The molecule has 5 heteroatoms. The van der Waals surface area contributed by atoms with Crippen molar-refractivity contribution >= 4 is 45.4 Å². The van der Waals surface area contributed by atoms with Crippen molar-refractivity contribution in [3.8, 4) is 0 Å². The van der Waals surface area contributed by atoms with Crippen molar-refractivity contribution in [1.29, 1.82) is 0 Å². The SMILES string of the molecule is CSc1ccc2nccc(Nc3cc(N)c(N)cc3C)c2c1. The second-order valence-electron chi connectivity index (χ2n) is 5.16. The number of hydrogen-bond acceptors (Lipinski definition) is 5. The highest BCUT2D eigenvalue weighted by atomic mass is 32.2. The molecule has 0 saturated heterocycles. The number of pyridine rings is 1. The Kier molecular flexibility index (Phi) is 3.81. The average Bonchev–Trinajstić information content (AvgIpc) is 2.52. The molecule has 1 heterocycles. The minimum Gasteiger partial charge on any atom is -0.397 e. The number of rotatable bonds is 3. The molecule has 0 aliphatic rings. The van der Waals surface area contributed by atoms with E-state index in [0.29, 0.717) is 11.4 Å². The molecule has 0 spiro atoms. The molecule has 0 radical (unpaired) electrons. The summed E-state index contributed by atoms with van der Waals surface area (Å²) >= 11 is 1.71. The lowest BCUT2D eigenvalue weighted by atomic mass is 10.1. The van der Waals surface area contributed by atoms with Crippen LogP contribution in [0.1, 0.15) is 5.56 Å². The number of nitrogen functional groups attached to an aromatic ring is 2. The van der Waals surface area contributed by atoms with E-state index in [4.69, 9.17) is 11.5 Å². The van der Waals surface area contributed by atoms with Gasteiger partial charge in [-0.2, -0.15) is 0 Å². The Morgan fingerprint density at radius 1 is 1.00 bits per heavy atom. The molecule has 4 nitrogen and oxygen atoms in total. The summed E-state index contributed by atoms with van der Waals surface area (Å²) in [6, 6.07) is 12.0. The van der Waals surface area contributed by atoms with Gasteiger partial charge in [0.05, 0.1) is 16.9 Å². The zero-order chi connectivity index (χ0) is 15.7. The second kappa shape index (κ2) is 5.77. The van der Waals surface area contributed by atoms with Crippen LogP contribution in [-0.4, -0.2) is 11.2 Å². The minimum absolute atomic E-state index is 0.580. The number of hydrogen-bond donors (Lipinski definition) is 3. The second-order valence-corrected chi connectivity index (χ2v) is 6.04. The fraction of sp³-hybridized carbons (Fsp3) is 0.118. The maximum Gasteiger partial charge on any atom is 0.0723 e. The standard InChI is InChI=1S/C17H18N4S/c1-10-7-13(18)14(19)9-17(10)21-16-5-6-20-15-4-3-11(22-2)8-12(15)16/h3-9H,18-19H2,1-2H3,(H,20,21). The van der Waals surface area contributed by atoms with E-state index in [2.05, 4.69) is 28.7 Å². The molecule has 22 heavy (non-hydrogen) atoms. The Hall–Kier alpha value is -2.40. The smallest absolute Gasteiger partial charge is 0.0723 e. The maximum atomic E-state index is 5.92. The normalized spacial score (nSPS) is 10.8. The first-order chi connectivity index (χ1) is 10.6. The van der Waals surface area contributed by atoms with Crippen molar-refractivity contribution in [2.75, 3.05) is 23.0 Å². The van der Waals surface area contributed by atoms with Gasteiger partial charge in [0, 0.05) is 27.9 Å². The summed E-state index contributed by atoms with van der Waals surface area (Å²) in [7, 11) is 0. The van der Waals surface area contributed by atoms with Gasteiger partial charge in [-0.05, 0) is 55.1 Å². The molecule has 0 aliphatic carbocycles. The molecular weight excluding hydrogens is 292 g/mol. The number of fused-ring (bicyclic) bond motifs is 1. The van der Waals surface area contributed by atoms with Crippen molar-refractivity contribution in [3.05, 3.63) is 48.2 Å². The van der Waals surface area contributed by atoms with Crippen LogP contribution in [0.2, 0.25) is 0 Å². The molecule has 5 N–H and O–H groups in total. The lowest BCUT2D eigenvalue weighted by Crippen LogP contribution is -2.00. The summed E-state index contributed by atoms with van der Waals surface area (Å²) in [4.78, 5) is 5.62. The molecule has 0 fully saturated rings. The third-order valence-corrected chi connectivity index (χ3v) is 4.37. The average molecular weight is 310 g/mol. The van der Waals surface area contributed by atoms with E-state index in [1.807, 2.05) is 31.2 Å². The highest BCUT2D eigenvalue weighted by Gasteiger charge is 2.07. The summed E-state index contributed by atoms with van der Waals surface area (Å²) in [6.07, 6.45) is 3.87. The molecule has 0 aliphatic heterocycles. The minimum atomic E-state index is 0.580. The lowest BCUT2D eigenvalue weighted by Gasteiger charge is -2.14. The molecule has 3 rings (SSSR count). The van der Waals surface area contributed by atoms with Crippen LogP contribution in [0.25, 0.3) is 10.9 Å². The van der Waals surface area contributed by atoms with E-state index in [1.54, 1.807) is 18.0 Å². The number of nitrogens with two attached hydrogens (primary N) is 2. The number of aryl methyl sites for hydroxylation is 1. The third-order valence-electron chi connectivity index (χ3n) is 3.65. The first-order valence-electron chi connectivity index (χ1n) is 6.94. The molecule has 0 bridgehead atoms. The summed E-state index contributed by atoms with van der Waals surface area (Å²) in [5, 5.41) is 4.54. The van der Waals surface area contributed by atoms with Crippen LogP contribution >= 0.6 is 11.8 Å². The van der Waals surface area contributed by atoms with Gasteiger partial charge < -0.3 is 16.8 Å². The first kappa shape index (κ1) is 14.5. The zero-order valence-electron chi connectivity index (χ0n) is 12.6. The van der Waals surface area contributed by atoms with Crippen LogP contribution in [0.15, 0.2) is 47.5 Å². The topological polar surface area (TPSA) is 77.0 Å². The summed E-state index contributed by atoms with van der Waals surface area (Å²) in [5.74, 6) is 0.